The summed E-state index contributed by atoms with van der Waals surface area (Å²) in [6, 6.07) is 0. The smallest absolute Gasteiger partial charge is 0.234 e. The van der Waals surface area contributed by atoms with Crippen molar-refractivity contribution < 1.29 is 0 Å². The summed E-state index contributed by atoms with van der Waals surface area (Å²) in [5, 5.41) is 10.3. The molecule has 0 bridgehead atoms. The molecule has 0 spiro atoms. The largest absolute Gasteiger partial charge is 0.357 e. The third-order valence-electron chi connectivity index (χ3n) is 1.39. The molecule has 0 saturated carbocycles. The Labute approximate surface area is 73.0 Å². The van der Waals surface area contributed by atoms with Gasteiger partial charge < -0.3 is 5.32 Å². The van der Waals surface area contributed by atoms with Gasteiger partial charge in [0.15, 0.2) is 0 Å². The highest BCUT2D eigenvalue weighted by Crippen LogP contribution is 2.20. The average Bonchev–Trinajstić information content (AvgIpc) is 2.75. The minimum Gasteiger partial charge on any atom is -0.357 e. The third-order valence-corrected chi connectivity index (χ3v) is 2.16. The number of hydrogen-bond acceptors (Lipinski definition) is 5. The molecule has 0 fully saturated rings. The van der Waals surface area contributed by atoms with E-state index < -0.39 is 0 Å². The Balaban J connectivity index is 2.35. The Bertz CT molecular complexity index is 352. The number of hydrogen-bond donors (Lipinski definition) is 2. The van der Waals surface area contributed by atoms with Gasteiger partial charge in [0.25, 0.3) is 0 Å². The SMILES string of the molecule is CNc1nsc(-c2cn[nH]c2)n1. The molecule has 0 aliphatic carbocycles. The summed E-state index contributed by atoms with van der Waals surface area (Å²) in [5.74, 6) is 0.649. The molecule has 2 N–H and O–H groups in total. The van der Waals surface area contributed by atoms with Gasteiger partial charge in [-0.25, -0.2) is 0 Å². The number of rotatable bonds is 2. The van der Waals surface area contributed by atoms with Gasteiger partial charge in [0.05, 0.1) is 6.20 Å². The summed E-state index contributed by atoms with van der Waals surface area (Å²) < 4.78 is 4.07. The summed E-state index contributed by atoms with van der Waals surface area (Å²) in [6.45, 7) is 0. The first-order valence-electron chi connectivity index (χ1n) is 3.41. The van der Waals surface area contributed by atoms with Crippen LogP contribution in [0.3, 0.4) is 0 Å². The zero-order chi connectivity index (χ0) is 8.39. The lowest BCUT2D eigenvalue weighted by atomic mass is 10.4. The minimum absolute atomic E-state index is 0.649. The van der Waals surface area contributed by atoms with Crippen LogP contribution in [0.4, 0.5) is 5.95 Å². The second-order valence-corrected chi connectivity index (χ2v) is 2.91. The predicted molar refractivity (Wildman–Crippen MR) is 47.0 cm³/mol. The van der Waals surface area contributed by atoms with Crippen LogP contribution < -0.4 is 5.32 Å². The third kappa shape index (κ3) is 1.16. The molecule has 12 heavy (non-hydrogen) atoms. The number of nitrogens with zero attached hydrogens (tertiary/aromatic N) is 3. The molecule has 0 unspecified atom stereocenters. The van der Waals surface area contributed by atoms with Gasteiger partial charge in [-0.05, 0) is 11.5 Å². The molecule has 0 atom stereocenters. The van der Waals surface area contributed by atoms with E-state index in [0.29, 0.717) is 5.95 Å². The first kappa shape index (κ1) is 7.23. The zero-order valence-corrected chi connectivity index (χ0v) is 7.22. The highest BCUT2D eigenvalue weighted by Gasteiger charge is 2.04. The molecule has 0 aliphatic heterocycles. The van der Waals surface area contributed by atoms with Gasteiger partial charge in [-0.1, -0.05) is 0 Å². The van der Waals surface area contributed by atoms with Crippen molar-refractivity contribution in [2.75, 3.05) is 12.4 Å². The van der Waals surface area contributed by atoms with Gasteiger partial charge in [-0.2, -0.15) is 14.5 Å². The van der Waals surface area contributed by atoms with Crippen molar-refractivity contribution in [3.05, 3.63) is 12.4 Å². The zero-order valence-electron chi connectivity index (χ0n) is 6.40. The Morgan fingerprint density at radius 1 is 1.58 bits per heavy atom. The van der Waals surface area contributed by atoms with E-state index >= 15 is 0 Å². The molecule has 0 saturated heterocycles. The van der Waals surface area contributed by atoms with Crippen LogP contribution in [-0.4, -0.2) is 26.6 Å². The summed E-state index contributed by atoms with van der Waals surface area (Å²) in [4.78, 5) is 4.21. The van der Waals surface area contributed by atoms with Crippen molar-refractivity contribution >= 4 is 17.5 Å². The summed E-state index contributed by atoms with van der Waals surface area (Å²) in [6.07, 6.45) is 3.51. The van der Waals surface area contributed by atoms with Gasteiger partial charge in [0.1, 0.15) is 5.01 Å². The molecular formula is C6H7N5S. The van der Waals surface area contributed by atoms with E-state index in [2.05, 4.69) is 24.9 Å². The van der Waals surface area contributed by atoms with Gasteiger partial charge in [0.2, 0.25) is 5.95 Å². The lowest BCUT2D eigenvalue weighted by Gasteiger charge is -1.85. The van der Waals surface area contributed by atoms with Gasteiger partial charge in [-0.15, -0.1) is 0 Å². The van der Waals surface area contributed by atoms with Crippen LogP contribution in [0.5, 0.6) is 0 Å². The fourth-order valence-corrected chi connectivity index (χ4v) is 1.46. The first-order valence-corrected chi connectivity index (χ1v) is 4.18. The van der Waals surface area contributed by atoms with Crippen molar-refractivity contribution in [2.45, 2.75) is 0 Å². The molecule has 0 aromatic carbocycles. The standard InChI is InChI=1S/C6H7N5S/c1-7-6-10-5(12-11-6)4-2-8-9-3-4/h2-3H,1H3,(H,7,11)(H,8,9). The second kappa shape index (κ2) is 2.90. The van der Waals surface area contributed by atoms with E-state index in [0.717, 1.165) is 10.6 Å². The van der Waals surface area contributed by atoms with Crippen LogP contribution in [0.1, 0.15) is 0 Å². The number of anilines is 1. The number of aromatic amines is 1. The predicted octanol–water partition coefficient (Wildman–Crippen LogP) is 0.970. The summed E-state index contributed by atoms with van der Waals surface area (Å²) >= 11 is 1.35. The van der Waals surface area contributed by atoms with Crippen molar-refractivity contribution in [3.63, 3.8) is 0 Å². The molecule has 2 heterocycles. The van der Waals surface area contributed by atoms with Crippen LogP contribution in [0.2, 0.25) is 0 Å². The minimum atomic E-state index is 0.649. The van der Waals surface area contributed by atoms with Crippen LogP contribution in [0.25, 0.3) is 10.6 Å². The van der Waals surface area contributed by atoms with E-state index in [1.807, 2.05) is 0 Å². The molecule has 2 aromatic heterocycles. The van der Waals surface area contributed by atoms with E-state index in [1.54, 1.807) is 19.4 Å². The highest BCUT2D eigenvalue weighted by molar-refractivity contribution is 7.09. The maximum absolute atomic E-state index is 4.21. The fraction of sp³-hybridized carbons (Fsp3) is 0.167. The molecule has 5 nitrogen and oxygen atoms in total. The molecule has 2 rings (SSSR count). The van der Waals surface area contributed by atoms with Gasteiger partial charge >= 0.3 is 0 Å². The average molecular weight is 181 g/mol. The normalized spacial score (nSPS) is 10.1. The maximum Gasteiger partial charge on any atom is 0.234 e. The lowest BCUT2D eigenvalue weighted by molar-refractivity contribution is 1.09. The van der Waals surface area contributed by atoms with Crippen molar-refractivity contribution in [1.29, 1.82) is 0 Å². The van der Waals surface area contributed by atoms with E-state index in [-0.39, 0.29) is 0 Å². The van der Waals surface area contributed by atoms with Gasteiger partial charge in [0, 0.05) is 18.8 Å². The second-order valence-electron chi connectivity index (χ2n) is 2.16. The Kier molecular flexibility index (Phi) is 1.75. The summed E-state index contributed by atoms with van der Waals surface area (Å²) in [7, 11) is 1.79. The molecule has 0 amide bonds. The Morgan fingerprint density at radius 3 is 3.08 bits per heavy atom. The number of H-pyrrole nitrogens is 1. The van der Waals surface area contributed by atoms with E-state index in [1.165, 1.54) is 11.5 Å². The Hall–Kier alpha value is -1.43. The number of aromatic nitrogens is 4. The van der Waals surface area contributed by atoms with Crippen LogP contribution in [-0.2, 0) is 0 Å². The van der Waals surface area contributed by atoms with E-state index in [4.69, 9.17) is 0 Å². The molecule has 0 radical (unpaired) electrons. The first-order chi connectivity index (χ1) is 5.90. The molecular weight excluding hydrogens is 174 g/mol. The van der Waals surface area contributed by atoms with Crippen LogP contribution >= 0.6 is 11.5 Å². The molecule has 2 aromatic rings. The van der Waals surface area contributed by atoms with Crippen LogP contribution in [0.15, 0.2) is 12.4 Å². The Morgan fingerprint density at radius 2 is 2.50 bits per heavy atom. The lowest BCUT2D eigenvalue weighted by Crippen LogP contribution is -1.88. The molecule has 6 heteroatoms. The highest BCUT2D eigenvalue weighted by atomic mass is 32.1. The molecule has 0 aliphatic rings. The van der Waals surface area contributed by atoms with Crippen molar-refractivity contribution in [1.82, 2.24) is 19.6 Å². The topological polar surface area (TPSA) is 66.5 Å². The quantitative estimate of drug-likeness (QED) is 0.724. The monoisotopic (exact) mass is 181 g/mol. The fourth-order valence-electron chi connectivity index (χ4n) is 0.810. The van der Waals surface area contributed by atoms with Crippen molar-refractivity contribution in [2.24, 2.45) is 0 Å². The molecule has 62 valence electrons. The number of nitrogens with one attached hydrogen (secondary N) is 2. The summed E-state index contributed by atoms with van der Waals surface area (Å²) in [5.41, 5.74) is 0.967. The van der Waals surface area contributed by atoms with Gasteiger partial charge in [-0.3, -0.25) is 5.10 Å². The van der Waals surface area contributed by atoms with Crippen LogP contribution in [0, 0.1) is 0 Å². The maximum atomic E-state index is 4.21. The van der Waals surface area contributed by atoms with E-state index in [9.17, 15) is 0 Å². The van der Waals surface area contributed by atoms with Crippen molar-refractivity contribution in [3.8, 4) is 10.6 Å².